The minimum Gasteiger partial charge on any atom is -0.349 e. The van der Waals surface area contributed by atoms with E-state index in [1.54, 1.807) is 0 Å². The van der Waals surface area contributed by atoms with Gasteiger partial charge in [0.15, 0.2) is 0 Å². The fourth-order valence-corrected chi connectivity index (χ4v) is 3.52. The Kier molecular flexibility index (Phi) is 5.54. The molecule has 1 amide bonds. The Morgan fingerprint density at radius 1 is 1.17 bits per heavy atom. The summed E-state index contributed by atoms with van der Waals surface area (Å²) in [6.07, 6.45) is -3.36. The highest BCUT2D eigenvalue weighted by Gasteiger charge is 2.42. The average molecular weight is 364 g/mol. The fourth-order valence-electron chi connectivity index (χ4n) is 2.79. The predicted molar refractivity (Wildman–Crippen MR) is 82.0 cm³/mol. The third-order valence-electron chi connectivity index (χ3n) is 4.17. The Labute approximate surface area is 138 Å². The van der Waals surface area contributed by atoms with Gasteiger partial charge in [0.25, 0.3) is 5.91 Å². The monoisotopic (exact) mass is 364 g/mol. The van der Waals surface area contributed by atoms with Crippen molar-refractivity contribution in [3.05, 3.63) is 29.8 Å². The van der Waals surface area contributed by atoms with Crippen LogP contribution in [0.25, 0.3) is 0 Å². The predicted octanol–water partition coefficient (Wildman–Crippen LogP) is 2.45. The molecular formula is C15H19F3N2O3S. The van der Waals surface area contributed by atoms with Crippen molar-refractivity contribution >= 4 is 15.9 Å². The molecule has 1 fully saturated rings. The summed E-state index contributed by atoms with van der Waals surface area (Å²) in [5.41, 5.74) is 0.208. The van der Waals surface area contributed by atoms with Gasteiger partial charge in [-0.3, -0.25) is 4.79 Å². The maximum absolute atomic E-state index is 12.8. The number of halogens is 3. The van der Waals surface area contributed by atoms with Crippen molar-refractivity contribution in [2.24, 2.45) is 5.92 Å². The number of carbonyl (C=O) groups is 1. The topological polar surface area (TPSA) is 75.3 Å². The standard InChI is InChI=1S/C15H19F3N2O3S/c1-19-24(22,23)13-7-5-10(6-8-13)14(21)20-12-4-2-3-11(9-12)15(16,17)18/h5-8,11-12,19H,2-4,9H2,1H3,(H,20,21)/t11-,12+/m0/s1. The zero-order valence-electron chi connectivity index (χ0n) is 13.1. The number of sulfonamides is 1. The first-order valence-electron chi connectivity index (χ1n) is 7.54. The van der Waals surface area contributed by atoms with Gasteiger partial charge in [-0.1, -0.05) is 6.42 Å². The van der Waals surface area contributed by atoms with Crippen molar-refractivity contribution in [1.82, 2.24) is 10.0 Å². The van der Waals surface area contributed by atoms with Gasteiger partial charge in [0, 0.05) is 11.6 Å². The molecule has 134 valence electrons. The third kappa shape index (κ3) is 4.47. The molecule has 0 spiro atoms. The molecule has 2 atom stereocenters. The fraction of sp³-hybridized carbons (Fsp3) is 0.533. The minimum atomic E-state index is -4.24. The smallest absolute Gasteiger partial charge is 0.349 e. The molecule has 1 aliphatic rings. The molecule has 0 radical (unpaired) electrons. The van der Waals surface area contributed by atoms with Crippen LogP contribution in [0.3, 0.4) is 0 Å². The molecule has 0 aliphatic heterocycles. The summed E-state index contributed by atoms with van der Waals surface area (Å²) in [7, 11) is -2.32. The highest BCUT2D eigenvalue weighted by atomic mass is 32.2. The number of carbonyl (C=O) groups excluding carboxylic acids is 1. The van der Waals surface area contributed by atoms with Crippen LogP contribution in [-0.4, -0.2) is 33.6 Å². The summed E-state index contributed by atoms with van der Waals surface area (Å²) in [6.45, 7) is 0. The summed E-state index contributed by atoms with van der Waals surface area (Å²) >= 11 is 0. The molecule has 0 aromatic heterocycles. The Hall–Kier alpha value is -1.61. The second-order valence-corrected chi connectivity index (χ2v) is 7.69. The lowest BCUT2D eigenvalue weighted by atomic mass is 9.85. The molecule has 0 saturated heterocycles. The van der Waals surface area contributed by atoms with Crippen LogP contribution in [0.4, 0.5) is 13.2 Å². The number of alkyl halides is 3. The lowest BCUT2D eigenvalue weighted by Gasteiger charge is -2.31. The van der Waals surface area contributed by atoms with E-state index in [0.29, 0.717) is 12.8 Å². The normalized spacial score (nSPS) is 22.2. The first-order valence-corrected chi connectivity index (χ1v) is 9.03. The van der Waals surface area contributed by atoms with Crippen molar-refractivity contribution in [3.8, 4) is 0 Å². The van der Waals surface area contributed by atoms with Crippen LogP contribution >= 0.6 is 0 Å². The van der Waals surface area contributed by atoms with Crippen LogP contribution in [0.2, 0.25) is 0 Å². The van der Waals surface area contributed by atoms with Crippen molar-refractivity contribution in [3.63, 3.8) is 0 Å². The summed E-state index contributed by atoms with van der Waals surface area (Å²) < 4.78 is 63.7. The van der Waals surface area contributed by atoms with E-state index in [9.17, 15) is 26.4 Å². The van der Waals surface area contributed by atoms with Crippen LogP contribution in [0.5, 0.6) is 0 Å². The molecule has 1 aromatic carbocycles. The molecular weight excluding hydrogens is 345 g/mol. The molecule has 0 heterocycles. The molecule has 2 N–H and O–H groups in total. The molecule has 1 aromatic rings. The molecule has 0 bridgehead atoms. The van der Waals surface area contributed by atoms with Gasteiger partial charge in [0.1, 0.15) is 0 Å². The number of hydrogen-bond acceptors (Lipinski definition) is 3. The number of benzene rings is 1. The van der Waals surface area contributed by atoms with Gasteiger partial charge >= 0.3 is 6.18 Å². The van der Waals surface area contributed by atoms with E-state index in [4.69, 9.17) is 0 Å². The molecule has 9 heteroatoms. The van der Waals surface area contributed by atoms with Crippen LogP contribution in [0.1, 0.15) is 36.0 Å². The first kappa shape index (κ1) is 18.7. The van der Waals surface area contributed by atoms with E-state index < -0.39 is 34.1 Å². The Balaban J connectivity index is 2.02. The van der Waals surface area contributed by atoms with E-state index in [1.807, 2.05) is 0 Å². The summed E-state index contributed by atoms with van der Waals surface area (Å²) in [6, 6.07) is 4.70. The van der Waals surface area contributed by atoms with Crippen molar-refractivity contribution in [1.29, 1.82) is 0 Å². The van der Waals surface area contributed by atoms with Gasteiger partial charge < -0.3 is 5.32 Å². The molecule has 1 aliphatic carbocycles. The minimum absolute atomic E-state index is 0.0105. The summed E-state index contributed by atoms with van der Waals surface area (Å²) in [4.78, 5) is 12.2. The maximum atomic E-state index is 12.8. The SMILES string of the molecule is CNS(=O)(=O)c1ccc(C(=O)N[C@@H]2CCC[C@H](C(F)(F)F)C2)cc1. The second-order valence-electron chi connectivity index (χ2n) is 5.81. The lowest BCUT2D eigenvalue weighted by molar-refractivity contribution is -0.183. The highest BCUT2D eigenvalue weighted by Crippen LogP contribution is 2.37. The largest absolute Gasteiger partial charge is 0.391 e. The number of hydrogen-bond donors (Lipinski definition) is 2. The number of amides is 1. The zero-order valence-corrected chi connectivity index (χ0v) is 13.9. The van der Waals surface area contributed by atoms with Gasteiger partial charge in [0.2, 0.25) is 10.0 Å². The van der Waals surface area contributed by atoms with Crippen LogP contribution in [0, 0.1) is 5.92 Å². The number of rotatable bonds is 4. The molecule has 24 heavy (non-hydrogen) atoms. The zero-order chi connectivity index (χ0) is 18.0. The van der Waals surface area contributed by atoms with E-state index in [1.165, 1.54) is 31.3 Å². The van der Waals surface area contributed by atoms with Gasteiger partial charge in [-0.25, -0.2) is 13.1 Å². The Bertz CT molecular complexity index is 687. The van der Waals surface area contributed by atoms with Crippen LogP contribution in [-0.2, 0) is 10.0 Å². The Morgan fingerprint density at radius 2 is 1.79 bits per heavy atom. The molecule has 2 rings (SSSR count). The van der Waals surface area contributed by atoms with Gasteiger partial charge in [-0.2, -0.15) is 13.2 Å². The first-order chi connectivity index (χ1) is 11.1. The van der Waals surface area contributed by atoms with Gasteiger partial charge in [0.05, 0.1) is 10.8 Å². The summed E-state index contributed by atoms with van der Waals surface area (Å²) in [5.74, 6) is -1.89. The van der Waals surface area contributed by atoms with Gasteiger partial charge in [-0.15, -0.1) is 0 Å². The van der Waals surface area contributed by atoms with E-state index in [-0.39, 0.29) is 23.3 Å². The van der Waals surface area contributed by atoms with Gasteiger partial charge in [-0.05, 0) is 50.6 Å². The second kappa shape index (κ2) is 7.10. The third-order valence-corrected chi connectivity index (χ3v) is 5.60. The van der Waals surface area contributed by atoms with Crippen molar-refractivity contribution in [2.45, 2.75) is 42.8 Å². The van der Waals surface area contributed by atoms with E-state index in [0.717, 1.165) is 0 Å². The molecule has 0 unspecified atom stereocenters. The average Bonchev–Trinajstić information content (AvgIpc) is 2.54. The van der Waals surface area contributed by atoms with Crippen LogP contribution < -0.4 is 10.0 Å². The number of nitrogens with one attached hydrogen (secondary N) is 2. The lowest BCUT2D eigenvalue weighted by Crippen LogP contribution is -2.41. The van der Waals surface area contributed by atoms with Crippen LogP contribution in [0.15, 0.2) is 29.2 Å². The van der Waals surface area contributed by atoms with Crippen molar-refractivity contribution < 1.29 is 26.4 Å². The summed E-state index contributed by atoms with van der Waals surface area (Å²) in [5, 5.41) is 2.61. The Morgan fingerprint density at radius 3 is 2.33 bits per heavy atom. The quantitative estimate of drug-likeness (QED) is 0.862. The highest BCUT2D eigenvalue weighted by molar-refractivity contribution is 7.89. The van der Waals surface area contributed by atoms with E-state index >= 15 is 0 Å². The molecule has 5 nitrogen and oxygen atoms in total. The van der Waals surface area contributed by atoms with Crippen molar-refractivity contribution in [2.75, 3.05) is 7.05 Å². The maximum Gasteiger partial charge on any atom is 0.391 e. The van der Waals surface area contributed by atoms with E-state index in [2.05, 4.69) is 10.0 Å². The molecule has 1 saturated carbocycles.